The number of aryl methyl sites for hydroxylation is 1. The Morgan fingerprint density at radius 3 is 2.88 bits per heavy atom. The van der Waals surface area contributed by atoms with Crippen LogP contribution in [0.15, 0.2) is 33.0 Å². The van der Waals surface area contributed by atoms with Crippen LogP contribution in [0.25, 0.3) is 0 Å². The van der Waals surface area contributed by atoms with Gasteiger partial charge < -0.3 is 10.2 Å². The molecule has 0 spiro atoms. The molecule has 0 fully saturated rings. The van der Waals surface area contributed by atoms with Crippen molar-refractivity contribution >= 4 is 11.8 Å². The Balaban J connectivity index is 2.18. The molecule has 0 amide bonds. The van der Waals surface area contributed by atoms with Gasteiger partial charge in [0.2, 0.25) is 5.89 Å². The number of nitrogens with two attached hydrogens (primary N) is 1. The molecule has 1 atom stereocenters. The molecular weight excluding hydrogens is 224 g/mol. The second kappa shape index (κ2) is 4.63. The molecule has 84 valence electrons. The second-order valence-corrected chi connectivity index (χ2v) is 4.38. The van der Waals surface area contributed by atoms with Crippen LogP contribution in [0.1, 0.15) is 24.4 Å². The highest BCUT2D eigenvalue weighted by Gasteiger charge is 2.07. The lowest BCUT2D eigenvalue weighted by molar-refractivity contribution is 0.429. The van der Waals surface area contributed by atoms with E-state index in [1.807, 2.05) is 19.1 Å². The van der Waals surface area contributed by atoms with Gasteiger partial charge in [0, 0.05) is 19.2 Å². The molecule has 6 heteroatoms. The Morgan fingerprint density at radius 1 is 1.44 bits per heavy atom. The van der Waals surface area contributed by atoms with Gasteiger partial charge in [-0.15, -0.1) is 10.2 Å². The van der Waals surface area contributed by atoms with Crippen molar-refractivity contribution < 1.29 is 4.42 Å². The van der Waals surface area contributed by atoms with Crippen LogP contribution < -0.4 is 5.73 Å². The SMILES string of the molecule is Cc1nnc(Sc2cc(C(C)N)ccn2)o1. The zero-order chi connectivity index (χ0) is 11.5. The predicted octanol–water partition coefficient (Wildman–Crippen LogP) is 1.94. The molecule has 0 radical (unpaired) electrons. The summed E-state index contributed by atoms with van der Waals surface area (Å²) in [6.45, 7) is 3.68. The molecule has 5 nitrogen and oxygen atoms in total. The summed E-state index contributed by atoms with van der Waals surface area (Å²) in [4.78, 5) is 4.21. The predicted molar refractivity (Wildman–Crippen MR) is 60.0 cm³/mol. The molecular formula is C10H12N4OS. The maximum absolute atomic E-state index is 5.79. The zero-order valence-corrected chi connectivity index (χ0v) is 9.86. The molecule has 16 heavy (non-hydrogen) atoms. The smallest absolute Gasteiger partial charge is 0.282 e. The first-order valence-corrected chi connectivity index (χ1v) is 5.66. The van der Waals surface area contributed by atoms with Gasteiger partial charge in [-0.05, 0) is 36.4 Å². The Hall–Kier alpha value is -1.40. The van der Waals surface area contributed by atoms with Crippen LogP contribution in [-0.4, -0.2) is 15.2 Å². The summed E-state index contributed by atoms with van der Waals surface area (Å²) in [7, 11) is 0. The van der Waals surface area contributed by atoms with Crippen LogP contribution >= 0.6 is 11.8 Å². The lowest BCUT2D eigenvalue weighted by atomic mass is 10.1. The van der Waals surface area contributed by atoms with Gasteiger partial charge >= 0.3 is 0 Å². The van der Waals surface area contributed by atoms with Gasteiger partial charge in [-0.2, -0.15) is 0 Å². The number of hydrogen-bond donors (Lipinski definition) is 1. The minimum absolute atomic E-state index is 0.00762. The first kappa shape index (κ1) is 11.1. The van der Waals surface area contributed by atoms with Crippen molar-refractivity contribution in [3.8, 4) is 0 Å². The minimum atomic E-state index is -0.00762. The van der Waals surface area contributed by atoms with Crippen LogP contribution in [0.5, 0.6) is 0 Å². The number of hydrogen-bond acceptors (Lipinski definition) is 6. The highest BCUT2D eigenvalue weighted by atomic mass is 32.2. The molecule has 0 aliphatic rings. The van der Waals surface area contributed by atoms with E-state index in [1.165, 1.54) is 11.8 Å². The van der Waals surface area contributed by atoms with Gasteiger partial charge in [0.05, 0.1) is 0 Å². The molecule has 0 saturated carbocycles. The van der Waals surface area contributed by atoms with Gasteiger partial charge in [0.15, 0.2) is 0 Å². The van der Waals surface area contributed by atoms with Crippen LogP contribution in [-0.2, 0) is 0 Å². The molecule has 0 aromatic carbocycles. The maximum atomic E-state index is 5.79. The monoisotopic (exact) mass is 236 g/mol. The lowest BCUT2D eigenvalue weighted by Gasteiger charge is -2.05. The van der Waals surface area contributed by atoms with E-state index in [-0.39, 0.29) is 6.04 Å². The van der Waals surface area contributed by atoms with Crippen LogP contribution in [0.3, 0.4) is 0 Å². The Labute approximate surface area is 97.5 Å². The van der Waals surface area contributed by atoms with Gasteiger partial charge in [0.25, 0.3) is 5.22 Å². The average Bonchev–Trinajstić information content (AvgIpc) is 2.64. The van der Waals surface area contributed by atoms with Crippen molar-refractivity contribution in [1.82, 2.24) is 15.2 Å². The van der Waals surface area contributed by atoms with Gasteiger partial charge in [-0.3, -0.25) is 0 Å². The highest BCUT2D eigenvalue weighted by molar-refractivity contribution is 7.99. The van der Waals surface area contributed by atoms with E-state index >= 15 is 0 Å². The molecule has 2 N–H and O–H groups in total. The van der Waals surface area contributed by atoms with E-state index < -0.39 is 0 Å². The Morgan fingerprint density at radius 2 is 2.25 bits per heavy atom. The van der Waals surface area contributed by atoms with Crippen molar-refractivity contribution in [3.63, 3.8) is 0 Å². The molecule has 0 aliphatic carbocycles. The fourth-order valence-corrected chi connectivity index (χ4v) is 1.90. The molecule has 0 saturated heterocycles. The Kier molecular flexibility index (Phi) is 3.21. The number of aromatic nitrogens is 3. The average molecular weight is 236 g/mol. The summed E-state index contributed by atoms with van der Waals surface area (Å²) in [5.41, 5.74) is 6.83. The van der Waals surface area contributed by atoms with E-state index in [2.05, 4.69) is 15.2 Å². The quantitative estimate of drug-likeness (QED) is 0.877. The van der Waals surface area contributed by atoms with Crippen molar-refractivity contribution in [2.24, 2.45) is 5.73 Å². The van der Waals surface area contributed by atoms with Crippen LogP contribution in [0.2, 0.25) is 0 Å². The van der Waals surface area contributed by atoms with Crippen molar-refractivity contribution in [2.45, 2.75) is 30.1 Å². The van der Waals surface area contributed by atoms with E-state index in [9.17, 15) is 0 Å². The summed E-state index contributed by atoms with van der Waals surface area (Å²) in [5.74, 6) is 0.547. The molecule has 0 bridgehead atoms. The normalized spacial score (nSPS) is 12.7. The summed E-state index contributed by atoms with van der Waals surface area (Å²) in [6, 6.07) is 3.81. The lowest BCUT2D eigenvalue weighted by Crippen LogP contribution is -2.04. The Bertz CT molecular complexity index is 483. The minimum Gasteiger partial charge on any atom is -0.416 e. The summed E-state index contributed by atoms with van der Waals surface area (Å²) >= 11 is 1.33. The van der Waals surface area contributed by atoms with E-state index in [1.54, 1.807) is 13.1 Å². The molecule has 2 heterocycles. The van der Waals surface area contributed by atoms with Crippen LogP contribution in [0, 0.1) is 6.92 Å². The van der Waals surface area contributed by atoms with Crippen molar-refractivity contribution in [2.75, 3.05) is 0 Å². The van der Waals surface area contributed by atoms with E-state index in [4.69, 9.17) is 10.2 Å². The van der Waals surface area contributed by atoms with Gasteiger partial charge in [-0.25, -0.2) is 4.98 Å². The topological polar surface area (TPSA) is 77.8 Å². The van der Waals surface area contributed by atoms with E-state index in [0.29, 0.717) is 11.1 Å². The van der Waals surface area contributed by atoms with Crippen molar-refractivity contribution in [3.05, 3.63) is 29.8 Å². The first-order chi connectivity index (χ1) is 7.65. The highest BCUT2D eigenvalue weighted by Crippen LogP contribution is 2.25. The molecule has 2 rings (SSSR count). The fraction of sp³-hybridized carbons (Fsp3) is 0.300. The first-order valence-electron chi connectivity index (χ1n) is 4.84. The standard InChI is InChI=1S/C10H12N4OS/c1-6(11)8-3-4-12-9(5-8)16-10-14-13-7(2)15-10/h3-6H,11H2,1-2H3. The third-order valence-electron chi connectivity index (χ3n) is 1.98. The fourth-order valence-electron chi connectivity index (χ4n) is 1.17. The summed E-state index contributed by atoms with van der Waals surface area (Å²) < 4.78 is 5.26. The maximum Gasteiger partial charge on any atom is 0.282 e. The number of pyridine rings is 1. The summed E-state index contributed by atoms with van der Waals surface area (Å²) in [6.07, 6.45) is 1.73. The molecule has 2 aromatic heterocycles. The summed E-state index contributed by atoms with van der Waals surface area (Å²) in [5, 5.41) is 8.94. The second-order valence-electron chi connectivity index (χ2n) is 3.41. The van der Waals surface area contributed by atoms with Gasteiger partial charge in [-0.1, -0.05) is 0 Å². The number of rotatable bonds is 3. The molecule has 2 aromatic rings. The van der Waals surface area contributed by atoms with Crippen molar-refractivity contribution in [1.29, 1.82) is 0 Å². The number of nitrogens with zero attached hydrogens (tertiary/aromatic N) is 3. The largest absolute Gasteiger partial charge is 0.416 e. The van der Waals surface area contributed by atoms with Gasteiger partial charge in [0.1, 0.15) is 5.03 Å². The third-order valence-corrected chi connectivity index (χ3v) is 2.76. The van der Waals surface area contributed by atoms with E-state index in [0.717, 1.165) is 10.6 Å². The zero-order valence-electron chi connectivity index (χ0n) is 9.04. The van der Waals surface area contributed by atoms with Crippen LogP contribution in [0.4, 0.5) is 0 Å². The molecule has 1 unspecified atom stereocenters. The molecule has 0 aliphatic heterocycles. The third kappa shape index (κ3) is 2.59.